The van der Waals surface area contributed by atoms with Gasteiger partial charge in [-0.3, -0.25) is 4.79 Å². The van der Waals surface area contributed by atoms with Crippen LogP contribution >= 0.6 is 0 Å². The van der Waals surface area contributed by atoms with E-state index in [9.17, 15) is 4.79 Å². The molecule has 0 atom stereocenters. The third kappa shape index (κ3) is 3.16. The van der Waals surface area contributed by atoms with Gasteiger partial charge in [0, 0.05) is 20.0 Å². The van der Waals surface area contributed by atoms with Crippen LogP contribution in [-0.4, -0.2) is 19.5 Å². The Morgan fingerprint density at radius 1 is 1.47 bits per heavy atom. The van der Waals surface area contributed by atoms with E-state index in [-0.39, 0.29) is 5.91 Å². The van der Waals surface area contributed by atoms with Crippen LogP contribution in [-0.2, 0) is 4.79 Å². The number of nitrogens with two attached hydrogens (primary N) is 1. The molecule has 0 saturated carbocycles. The van der Waals surface area contributed by atoms with Gasteiger partial charge < -0.3 is 16.4 Å². The van der Waals surface area contributed by atoms with E-state index in [1.165, 1.54) is 0 Å². The van der Waals surface area contributed by atoms with Gasteiger partial charge in [-0.25, -0.2) is 0 Å². The number of rotatable bonds is 4. The number of benzene rings is 1. The molecule has 4 N–H and O–H groups in total. The number of para-hydroxylation sites is 1. The second-order valence-corrected chi connectivity index (χ2v) is 3.39. The Kier molecular flexibility index (Phi) is 3.97. The van der Waals surface area contributed by atoms with E-state index in [1.807, 2.05) is 25.1 Å². The van der Waals surface area contributed by atoms with Crippen molar-refractivity contribution < 1.29 is 4.79 Å². The van der Waals surface area contributed by atoms with E-state index in [0.717, 1.165) is 16.9 Å². The lowest BCUT2D eigenvalue weighted by Crippen LogP contribution is -2.21. The standard InChI is InChI=1S/C11H17N3O/c1-8-4-3-5-9(11(8)12)14-7-6-10(15)13-2/h3-5,14H,6-7,12H2,1-2H3,(H,13,15). The lowest BCUT2D eigenvalue weighted by atomic mass is 10.1. The maximum atomic E-state index is 11.0. The van der Waals surface area contributed by atoms with Gasteiger partial charge in [0.05, 0.1) is 11.4 Å². The van der Waals surface area contributed by atoms with Gasteiger partial charge in [0.1, 0.15) is 0 Å². The van der Waals surface area contributed by atoms with E-state index in [1.54, 1.807) is 7.05 Å². The van der Waals surface area contributed by atoms with Crippen LogP contribution in [0.1, 0.15) is 12.0 Å². The Hall–Kier alpha value is -1.71. The SMILES string of the molecule is CNC(=O)CCNc1cccc(C)c1N. The van der Waals surface area contributed by atoms with Gasteiger partial charge in [-0.2, -0.15) is 0 Å². The molecular weight excluding hydrogens is 190 g/mol. The first-order valence-corrected chi connectivity index (χ1v) is 4.94. The number of carbonyl (C=O) groups is 1. The Labute approximate surface area is 89.9 Å². The smallest absolute Gasteiger partial charge is 0.221 e. The normalized spacial score (nSPS) is 9.73. The zero-order valence-corrected chi connectivity index (χ0v) is 9.13. The lowest BCUT2D eigenvalue weighted by molar-refractivity contribution is -0.120. The fraction of sp³-hybridized carbons (Fsp3) is 0.364. The molecule has 0 saturated heterocycles. The van der Waals surface area contributed by atoms with Crippen LogP contribution in [0.3, 0.4) is 0 Å². The zero-order valence-electron chi connectivity index (χ0n) is 9.13. The molecule has 0 spiro atoms. The Bertz CT molecular complexity index is 350. The van der Waals surface area contributed by atoms with Gasteiger partial charge in [-0.05, 0) is 18.6 Å². The Balaban J connectivity index is 2.51. The average molecular weight is 207 g/mol. The number of nitrogens with one attached hydrogen (secondary N) is 2. The number of aryl methyl sites for hydroxylation is 1. The molecule has 82 valence electrons. The highest BCUT2D eigenvalue weighted by Gasteiger charge is 2.01. The molecule has 4 nitrogen and oxygen atoms in total. The third-order valence-electron chi connectivity index (χ3n) is 2.27. The summed E-state index contributed by atoms with van der Waals surface area (Å²) in [5.41, 5.74) is 8.54. The first-order valence-electron chi connectivity index (χ1n) is 4.94. The second kappa shape index (κ2) is 5.24. The van der Waals surface area contributed by atoms with Crippen LogP contribution in [0.25, 0.3) is 0 Å². The van der Waals surface area contributed by atoms with Gasteiger partial charge >= 0.3 is 0 Å². The summed E-state index contributed by atoms with van der Waals surface area (Å²) in [5.74, 6) is 0.0220. The van der Waals surface area contributed by atoms with Crippen molar-refractivity contribution in [2.24, 2.45) is 0 Å². The highest BCUT2D eigenvalue weighted by atomic mass is 16.1. The Morgan fingerprint density at radius 3 is 2.87 bits per heavy atom. The van der Waals surface area contributed by atoms with Crippen molar-refractivity contribution >= 4 is 17.3 Å². The molecule has 0 bridgehead atoms. The summed E-state index contributed by atoms with van der Waals surface area (Å²) in [5, 5.41) is 5.70. The molecule has 1 aromatic rings. The van der Waals surface area contributed by atoms with Gasteiger partial charge in [-0.1, -0.05) is 12.1 Å². The van der Waals surface area contributed by atoms with E-state index >= 15 is 0 Å². The number of hydrogen-bond donors (Lipinski definition) is 3. The number of amides is 1. The van der Waals surface area contributed by atoms with Gasteiger partial charge in [0.2, 0.25) is 5.91 Å². The summed E-state index contributed by atoms with van der Waals surface area (Å²) in [4.78, 5) is 11.0. The first-order chi connectivity index (χ1) is 7.15. The molecule has 4 heteroatoms. The van der Waals surface area contributed by atoms with Gasteiger partial charge in [-0.15, -0.1) is 0 Å². The minimum Gasteiger partial charge on any atom is -0.397 e. The molecule has 1 amide bonds. The maximum Gasteiger partial charge on any atom is 0.221 e. The molecule has 1 aromatic carbocycles. The summed E-state index contributed by atoms with van der Waals surface area (Å²) in [7, 11) is 1.63. The molecule has 0 aliphatic rings. The number of anilines is 2. The zero-order chi connectivity index (χ0) is 11.3. The topological polar surface area (TPSA) is 67.2 Å². The minimum absolute atomic E-state index is 0.0220. The van der Waals surface area contributed by atoms with E-state index in [4.69, 9.17) is 5.73 Å². The van der Waals surface area contributed by atoms with E-state index in [0.29, 0.717) is 13.0 Å². The van der Waals surface area contributed by atoms with Gasteiger partial charge in [0.25, 0.3) is 0 Å². The summed E-state index contributed by atoms with van der Waals surface area (Å²) >= 11 is 0. The quantitative estimate of drug-likeness (QED) is 0.648. The number of nitrogen functional groups attached to an aromatic ring is 1. The summed E-state index contributed by atoms with van der Waals surface area (Å²) < 4.78 is 0. The Morgan fingerprint density at radius 2 is 2.20 bits per heavy atom. The first kappa shape index (κ1) is 11.4. The number of hydrogen-bond acceptors (Lipinski definition) is 3. The summed E-state index contributed by atoms with van der Waals surface area (Å²) in [6, 6.07) is 5.80. The van der Waals surface area contributed by atoms with E-state index < -0.39 is 0 Å². The van der Waals surface area contributed by atoms with Crippen molar-refractivity contribution in [2.45, 2.75) is 13.3 Å². The van der Waals surface area contributed by atoms with Crippen molar-refractivity contribution in [3.8, 4) is 0 Å². The van der Waals surface area contributed by atoms with Crippen LogP contribution in [0, 0.1) is 6.92 Å². The molecular formula is C11H17N3O. The van der Waals surface area contributed by atoms with Crippen LogP contribution in [0.15, 0.2) is 18.2 Å². The highest BCUT2D eigenvalue weighted by Crippen LogP contribution is 2.21. The van der Waals surface area contributed by atoms with E-state index in [2.05, 4.69) is 10.6 Å². The van der Waals surface area contributed by atoms with Crippen LogP contribution in [0.2, 0.25) is 0 Å². The van der Waals surface area contributed by atoms with Crippen molar-refractivity contribution in [1.29, 1.82) is 0 Å². The van der Waals surface area contributed by atoms with Crippen molar-refractivity contribution in [2.75, 3.05) is 24.6 Å². The van der Waals surface area contributed by atoms with Crippen molar-refractivity contribution in [3.05, 3.63) is 23.8 Å². The minimum atomic E-state index is 0.0220. The number of carbonyl (C=O) groups excluding carboxylic acids is 1. The van der Waals surface area contributed by atoms with Crippen LogP contribution in [0.5, 0.6) is 0 Å². The van der Waals surface area contributed by atoms with Crippen LogP contribution in [0.4, 0.5) is 11.4 Å². The fourth-order valence-electron chi connectivity index (χ4n) is 1.27. The highest BCUT2D eigenvalue weighted by molar-refractivity contribution is 5.76. The van der Waals surface area contributed by atoms with Crippen molar-refractivity contribution in [3.63, 3.8) is 0 Å². The van der Waals surface area contributed by atoms with Gasteiger partial charge in [0.15, 0.2) is 0 Å². The lowest BCUT2D eigenvalue weighted by Gasteiger charge is -2.10. The molecule has 15 heavy (non-hydrogen) atoms. The molecule has 0 aromatic heterocycles. The average Bonchev–Trinajstić information content (AvgIpc) is 2.24. The predicted octanol–water partition coefficient (Wildman–Crippen LogP) is 1.13. The third-order valence-corrected chi connectivity index (χ3v) is 2.27. The summed E-state index contributed by atoms with van der Waals surface area (Å²) in [6.07, 6.45) is 0.448. The molecule has 0 aliphatic heterocycles. The van der Waals surface area contributed by atoms with Crippen molar-refractivity contribution in [1.82, 2.24) is 5.32 Å². The molecule has 0 heterocycles. The molecule has 1 rings (SSSR count). The summed E-state index contributed by atoms with van der Waals surface area (Å²) in [6.45, 7) is 2.55. The molecule has 0 fully saturated rings. The second-order valence-electron chi connectivity index (χ2n) is 3.39. The maximum absolute atomic E-state index is 11.0. The largest absolute Gasteiger partial charge is 0.397 e. The van der Waals surface area contributed by atoms with Crippen LogP contribution < -0.4 is 16.4 Å². The molecule has 0 radical (unpaired) electrons. The molecule has 0 aliphatic carbocycles. The fourth-order valence-corrected chi connectivity index (χ4v) is 1.27. The monoisotopic (exact) mass is 207 g/mol. The predicted molar refractivity (Wildman–Crippen MR) is 62.8 cm³/mol. The molecule has 0 unspecified atom stereocenters.